The summed E-state index contributed by atoms with van der Waals surface area (Å²) in [5.41, 5.74) is 7.23. The van der Waals surface area contributed by atoms with Crippen molar-refractivity contribution in [2.75, 3.05) is 18.0 Å². The van der Waals surface area contributed by atoms with E-state index in [0.29, 0.717) is 10.6 Å². The minimum atomic E-state index is 0.0247. The average Bonchev–Trinajstić information content (AvgIpc) is 2.38. The van der Waals surface area contributed by atoms with Gasteiger partial charge in [-0.1, -0.05) is 24.9 Å². The largest absolute Gasteiger partial charge is 0.384 e. The predicted octanol–water partition coefficient (Wildman–Crippen LogP) is 3.25. The van der Waals surface area contributed by atoms with Crippen LogP contribution in [-0.2, 0) is 0 Å². The summed E-state index contributed by atoms with van der Waals surface area (Å²) in [5.74, 6) is 0.807. The number of nitrogens with one attached hydrogen (secondary N) is 1. The van der Waals surface area contributed by atoms with Crippen LogP contribution in [0.4, 0.5) is 5.69 Å². The number of hydrogen-bond acceptors (Lipinski definition) is 2. The summed E-state index contributed by atoms with van der Waals surface area (Å²) >= 11 is 6.17. The molecule has 1 saturated heterocycles. The number of halogens is 1. The normalized spacial score (nSPS) is 19.9. The molecule has 1 fully saturated rings. The van der Waals surface area contributed by atoms with Crippen molar-refractivity contribution in [3.8, 4) is 0 Å². The van der Waals surface area contributed by atoms with Gasteiger partial charge in [-0.15, -0.1) is 0 Å². The van der Waals surface area contributed by atoms with Crippen molar-refractivity contribution in [1.29, 1.82) is 5.41 Å². The molecule has 1 aromatic carbocycles. The van der Waals surface area contributed by atoms with Gasteiger partial charge in [0.05, 0.1) is 5.02 Å². The Balaban J connectivity index is 2.18. The highest BCUT2D eigenvalue weighted by atomic mass is 35.5. The van der Waals surface area contributed by atoms with Gasteiger partial charge in [0, 0.05) is 24.3 Å². The molecule has 0 aromatic heterocycles. The topological polar surface area (TPSA) is 53.1 Å². The van der Waals surface area contributed by atoms with Gasteiger partial charge in [-0.2, -0.15) is 0 Å². The zero-order valence-electron chi connectivity index (χ0n) is 10.7. The fourth-order valence-electron chi connectivity index (χ4n) is 2.55. The van der Waals surface area contributed by atoms with Crippen molar-refractivity contribution < 1.29 is 0 Å². The lowest BCUT2D eigenvalue weighted by Gasteiger charge is -2.34. The summed E-state index contributed by atoms with van der Waals surface area (Å²) in [7, 11) is 0. The summed E-state index contributed by atoms with van der Waals surface area (Å²) < 4.78 is 0. The van der Waals surface area contributed by atoms with Crippen LogP contribution in [0, 0.1) is 11.3 Å². The Labute approximate surface area is 113 Å². The number of anilines is 1. The van der Waals surface area contributed by atoms with Crippen LogP contribution < -0.4 is 10.6 Å². The highest BCUT2D eigenvalue weighted by Crippen LogP contribution is 2.28. The van der Waals surface area contributed by atoms with Gasteiger partial charge in [-0.05, 0) is 37.0 Å². The first-order valence-corrected chi connectivity index (χ1v) is 6.88. The van der Waals surface area contributed by atoms with E-state index in [1.54, 1.807) is 0 Å². The van der Waals surface area contributed by atoms with E-state index >= 15 is 0 Å². The Morgan fingerprint density at radius 3 is 2.94 bits per heavy atom. The van der Waals surface area contributed by atoms with E-state index in [0.717, 1.165) is 24.7 Å². The maximum absolute atomic E-state index is 7.43. The number of rotatable bonds is 3. The molecule has 0 amide bonds. The molecule has 0 aliphatic carbocycles. The van der Waals surface area contributed by atoms with Crippen molar-refractivity contribution in [3.63, 3.8) is 0 Å². The highest BCUT2D eigenvalue weighted by molar-refractivity contribution is 6.34. The van der Waals surface area contributed by atoms with E-state index in [2.05, 4.69) is 11.8 Å². The summed E-state index contributed by atoms with van der Waals surface area (Å²) in [4.78, 5) is 2.38. The van der Waals surface area contributed by atoms with E-state index in [4.69, 9.17) is 22.7 Å². The second-order valence-electron chi connectivity index (χ2n) is 4.94. The smallest absolute Gasteiger partial charge is 0.124 e. The standard InChI is InChI=1S/C14H20ClN3/c1-2-10-4-3-7-18(9-10)11-5-6-12(14(16)17)13(15)8-11/h5-6,8,10H,2-4,7,9H2,1H3,(H3,16,17). The Kier molecular flexibility index (Phi) is 4.12. The van der Waals surface area contributed by atoms with Gasteiger partial charge in [0.15, 0.2) is 0 Å². The molecule has 0 spiro atoms. The molecule has 3 N–H and O–H groups in total. The number of benzene rings is 1. The predicted molar refractivity (Wildman–Crippen MR) is 77.7 cm³/mol. The van der Waals surface area contributed by atoms with Gasteiger partial charge in [0.2, 0.25) is 0 Å². The Morgan fingerprint density at radius 1 is 1.56 bits per heavy atom. The third kappa shape index (κ3) is 2.78. The molecule has 98 valence electrons. The Morgan fingerprint density at radius 2 is 2.33 bits per heavy atom. The monoisotopic (exact) mass is 265 g/mol. The molecular weight excluding hydrogens is 246 g/mol. The van der Waals surface area contributed by atoms with Crippen molar-refractivity contribution in [3.05, 3.63) is 28.8 Å². The lowest BCUT2D eigenvalue weighted by molar-refractivity contribution is 0.405. The molecule has 1 unspecified atom stereocenters. The maximum atomic E-state index is 7.43. The Bertz CT molecular complexity index is 445. The minimum absolute atomic E-state index is 0.0247. The molecule has 4 heteroatoms. The number of piperidine rings is 1. The van der Waals surface area contributed by atoms with E-state index in [9.17, 15) is 0 Å². The molecule has 2 rings (SSSR count). The van der Waals surface area contributed by atoms with Crippen molar-refractivity contribution >= 4 is 23.1 Å². The number of hydrogen-bond donors (Lipinski definition) is 2. The second-order valence-corrected chi connectivity index (χ2v) is 5.35. The first-order chi connectivity index (χ1) is 8.61. The summed E-state index contributed by atoms with van der Waals surface area (Å²) in [6, 6.07) is 5.78. The maximum Gasteiger partial charge on any atom is 0.124 e. The third-order valence-corrected chi connectivity index (χ3v) is 4.02. The molecular formula is C14H20ClN3. The third-order valence-electron chi connectivity index (χ3n) is 3.70. The van der Waals surface area contributed by atoms with Crippen LogP contribution >= 0.6 is 11.6 Å². The van der Waals surface area contributed by atoms with Crippen molar-refractivity contribution in [2.24, 2.45) is 11.7 Å². The van der Waals surface area contributed by atoms with E-state index in [1.807, 2.05) is 18.2 Å². The summed E-state index contributed by atoms with van der Waals surface area (Å²) in [6.45, 7) is 4.44. The van der Waals surface area contributed by atoms with Crippen molar-refractivity contribution in [2.45, 2.75) is 26.2 Å². The molecule has 3 nitrogen and oxygen atoms in total. The number of nitrogen functional groups attached to an aromatic ring is 1. The fraction of sp³-hybridized carbons (Fsp3) is 0.500. The SMILES string of the molecule is CCC1CCCN(c2ccc(C(=N)N)c(Cl)c2)C1. The van der Waals surface area contributed by atoms with Crippen molar-refractivity contribution in [1.82, 2.24) is 0 Å². The zero-order valence-corrected chi connectivity index (χ0v) is 11.5. The minimum Gasteiger partial charge on any atom is -0.384 e. The van der Waals surface area contributed by atoms with Gasteiger partial charge in [0.25, 0.3) is 0 Å². The lowest BCUT2D eigenvalue weighted by Crippen LogP contribution is -2.35. The molecule has 0 radical (unpaired) electrons. The molecule has 1 aromatic rings. The van der Waals surface area contributed by atoms with Gasteiger partial charge in [-0.25, -0.2) is 0 Å². The lowest BCUT2D eigenvalue weighted by atomic mass is 9.95. The first kappa shape index (κ1) is 13.2. The number of nitrogens with zero attached hydrogens (tertiary/aromatic N) is 1. The fourth-order valence-corrected chi connectivity index (χ4v) is 2.83. The Hall–Kier alpha value is -1.22. The first-order valence-electron chi connectivity index (χ1n) is 6.50. The molecule has 1 heterocycles. The quantitative estimate of drug-likeness (QED) is 0.651. The van der Waals surface area contributed by atoms with Crippen LogP contribution in [-0.4, -0.2) is 18.9 Å². The summed E-state index contributed by atoms with van der Waals surface area (Å²) in [6.07, 6.45) is 3.80. The highest BCUT2D eigenvalue weighted by Gasteiger charge is 2.19. The number of amidine groups is 1. The van der Waals surface area contributed by atoms with Crippen LogP contribution in [0.25, 0.3) is 0 Å². The number of nitrogens with two attached hydrogens (primary N) is 1. The average molecular weight is 266 g/mol. The second kappa shape index (κ2) is 5.61. The van der Waals surface area contributed by atoms with Crippen LogP contribution in [0.5, 0.6) is 0 Å². The molecule has 0 saturated carbocycles. The molecule has 1 aliphatic rings. The molecule has 0 bridgehead atoms. The van der Waals surface area contributed by atoms with Gasteiger partial charge < -0.3 is 10.6 Å². The molecule has 18 heavy (non-hydrogen) atoms. The zero-order chi connectivity index (χ0) is 13.1. The van der Waals surface area contributed by atoms with Crippen LogP contribution in [0.2, 0.25) is 5.02 Å². The molecule has 1 aliphatic heterocycles. The van der Waals surface area contributed by atoms with Gasteiger partial charge in [-0.3, -0.25) is 5.41 Å². The van der Waals surface area contributed by atoms with Gasteiger partial charge in [0.1, 0.15) is 5.84 Å². The van der Waals surface area contributed by atoms with E-state index < -0.39 is 0 Å². The van der Waals surface area contributed by atoms with Crippen LogP contribution in [0.15, 0.2) is 18.2 Å². The van der Waals surface area contributed by atoms with Crippen LogP contribution in [0.1, 0.15) is 31.7 Å². The van der Waals surface area contributed by atoms with Gasteiger partial charge >= 0.3 is 0 Å². The van der Waals surface area contributed by atoms with E-state index in [-0.39, 0.29) is 5.84 Å². The molecule has 1 atom stereocenters. The van der Waals surface area contributed by atoms with Crippen LogP contribution in [0.3, 0.4) is 0 Å². The van der Waals surface area contributed by atoms with E-state index in [1.165, 1.54) is 19.3 Å². The summed E-state index contributed by atoms with van der Waals surface area (Å²) in [5, 5.41) is 8.00.